The van der Waals surface area contributed by atoms with Crippen LogP contribution in [0.1, 0.15) is 43.9 Å². The molecule has 0 bridgehead atoms. The third-order valence-corrected chi connectivity index (χ3v) is 5.17. The molecule has 7 heteroatoms. The molecule has 0 heterocycles. The highest BCUT2D eigenvalue weighted by molar-refractivity contribution is 5.88. The first kappa shape index (κ1) is 23.1. The maximum atomic E-state index is 13.2. The van der Waals surface area contributed by atoms with Gasteiger partial charge in [-0.05, 0) is 32.8 Å². The molecule has 2 rings (SSSR count). The average Bonchev–Trinajstić information content (AvgIpc) is 2.72. The number of nitro benzene ring substituents is 1. The molecular weight excluding hydrogens is 382 g/mol. The Morgan fingerprint density at radius 3 is 2.33 bits per heavy atom. The van der Waals surface area contributed by atoms with Gasteiger partial charge in [0.1, 0.15) is 6.04 Å². The number of benzene rings is 2. The van der Waals surface area contributed by atoms with E-state index >= 15 is 0 Å². The van der Waals surface area contributed by atoms with E-state index in [2.05, 4.69) is 5.32 Å². The quantitative estimate of drug-likeness (QED) is 0.502. The number of nitro groups is 1. The second-order valence-electron chi connectivity index (χ2n) is 7.56. The predicted octanol–water partition coefficient (Wildman–Crippen LogP) is 3.78. The van der Waals surface area contributed by atoms with E-state index in [1.54, 1.807) is 25.1 Å². The Balaban J connectivity index is 2.29. The molecule has 0 aliphatic rings. The number of nitrogens with one attached hydrogen (secondary N) is 1. The molecule has 0 saturated carbocycles. The SMILES string of the molecule is CC[C@H](C)NC(=O)[C@@H](C)N(Cc1ccc(C)cc1)C(=O)Cc1ccccc1[N+](=O)[O-]. The minimum atomic E-state index is -0.712. The van der Waals surface area contributed by atoms with Crippen molar-refractivity contribution in [2.75, 3.05) is 0 Å². The van der Waals surface area contributed by atoms with Gasteiger partial charge in [0.2, 0.25) is 11.8 Å². The van der Waals surface area contributed by atoms with Crippen LogP contribution in [0.25, 0.3) is 0 Å². The summed E-state index contributed by atoms with van der Waals surface area (Å²) in [6.45, 7) is 7.78. The Bertz CT molecular complexity index is 896. The number of rotatable bonds is 9. The molecule has 2 aromatic carbocycles. The van der Waals surface area contributed by atoms with Crippen molar-refractivity contribution in [1.82, 2.24) is 10.2 Å². The van der Waals surface area contributed by atoms with Gasteiger partial charge in [-0.1, -0.05) is 55.0 Å². The molecular formula is C23H29N3O4. The van der Waals surface area contributed by atoms with Crippen LogP contribution >= 0.6 is 0 Å². The number of hydrogen-bond acceptors (Lipinski definition) is 4. The molecule has 0 aromatic heterocycles. The summed E-state index contributed by atoms with van der Waals surface area (Å²) in [5.74, 6) is -0.580. The van der Waals surface area contributed by atoms with Crippen LogP contribution in [0.2, 0.25) is 0 Å². The third kappa shape index (κ3) is 6.14. The summed E-state index contributed by atoms with van der Waals surface area (Å²) in [6, 6.07) is 13.2. The van der Waals surface area contributed by atoms with Crippen molar-refractivity contribution in [3.05, 3.63) is 75.3 Å². The summed E-state index contributed by atoms with van der Waals surface area (Å²) < 4.78 is 0. The first-order chi connectivity index (χ1) is 14.2. The molecule has 1 N–H and O–H groups in total. The number of para-hydroxylation sites is 1. The van der Waals surface area contributed by atoms with Crippen molar-refractivity contribution in [3.8, 4) is 0 Å². The molecule has 160 valence electrons. The standard InChI is InChI=1S/C23H29N3O4/c1-5-17(3)24-23(28)18(4)25(15-19-12-10-16(2)11-13-19)22(27)14-20-8-6-7-9-21(20)26(29)30/h6-13,17-18H,5,14-15H2,1-4H3,(H,24,28)/t17-,18+/m0/s1. The fourth-order valence-electron chi connectivity index (χ4n) is 3.04. The van der Waals surface area contributed by atoms with Crippen LogP contribution in [0.15, 0.2) is 48.5 Å². The van der Waals surface area contributed by atoms with E-state index in [0.717, 1.165) is 17.5 Å². The lowest BCUT2D eigenvalue weighted by Gasteiger charge is -2.29. The summed E-state index contributed by atoms with van der Waals surface area (Å²) >= 11 is 0. The lowest BCUT2D eigenvalue weighted by molar-refractivity contribution is -0.385. The molecule has 0 radical (unpaired) electrons. The van der Waals surface area contributed by atoms with E-state index in [0.29, 0.717) is 5.56 Å². The van der Waals surface area contributed by atoms with Crippen LogP contribution in [0.5, 0.6) is 0 Å². The normalized spacial score (nSPS) is 12.7. The van der Waals surface area contributed by atoms with Gasteiger partial charge in [-0.15, -0.1) is 0 Å². The Morgan fingerprint density at radius 2 is 1.73 bits per heavy atom. The van der Waals surface area contributed by atoms with Crippen molar-refractivity contribution in [3.63, 3.8) is 0 Å². The minimum Gasteiger partial charge on any atom is -0.352 e. The fraction of sp³-hybridized carbons (Fsp3) is 0.391. The number of amides is 2. The largest absolute Gasteiger partial charge is 0.352 e. The van der Waals surface area contributed by atoms with Gasteiger partial charge in [0.15, 0.2) is 0 Å². The number of carbonyl (C=O) groups excluding carboxylic acids is 2. The van der Waals surface area contributed by atoms with E-state index in [1.807, 2.05) is 45.0 Å². The van der Waals surface area contributed by atoms with Crippen LogP contribution in [-0.2, 0) is 22.6 Å². The monoisotopic (exact) mass is 411 g/mol. The van der Waals surface area contributed by atoms with Gasteiger partial charge < -0.3 is 10.2 Å². The molecule has 0 saturated heterocycles. The Kier molecular flexibility index (Phi) is 8.09. The maximum Gasteiger partial charge on any atom is 0.273 e. The van der Waals surface area contributed by atoms with Crippen molar-refractivity contribution < 1.29 is 14.5 Å². The molecule has 7 nitrogen and oxygen atoms in total. The van der Waals surface area contributed by atoms with Crippen LogP contribution in [0.4, 0.5) is 5.69 Å². The summed E-state index contributed by atoms with van der Waals surface area (Å²) in [7, 11) is 0. The van der Waals surface area contributed by atoms with Gasteiger partial charge in [0.05, 0.1) is 11.3 Å². The zero-order valence-corrected chi connectivity index (χ0v) is 17.9. The Morgan fingerprint density at radius 1 is 1.10 bits per heavy atom. The molecule has 2 amide bonds. The highest BCUT2D eigenvalue weighted by Crippen LogP contribution is 2.20. The molecule has 0 spiro atoms. The topological polar surface area (TPSA) is 92.6 Å². The van der Waals surface area contributed by atoms with Gasteiger partial charge in [-0.2, -0.15) is 0 Å². The molecule has 0 aliphatic carbocycles. The highest BCUT2D eigenvalue weighted by atomic mass is 16.6. The number of aryl methyl sites for hydroxylation is 1. The predicted molar refractivity (Wildman–Crippen MR) is 116 cm³/mol. The fourth-order valence-corrected chi connectivity index (χ4v) is 3.04. The zero-order valence-electron chi connectivity index (χ0n) is 17.9. The lowest BCUT2D eigenvalue weighted by atomic mass is 10.1. The van der Waals surface area contributed by atoms with E-state index in [1.165, 1.54) is 11.0 Å². The summed E-state index contributed by atoms with van der Waals surface area (Å²) in [4.78, 5) is 38.2. The number of carbonyl (C=O) groups is 2. The smallest absolute Gasteiger partial charge is 0.273 e. The van der Waals surface area contributed by atoms with Gasteiger partial charge >= 0.3 is 0 Å². The zero-order chi connectivity index (χ0) is 22.3. The van der Waals surface area contributed by atoms with Crippen LogP contribution in [-0.4, -0.2) is 33.7 Å². The molecule has 2 atom stereocenters. The van der Waals surface area contributed by atoms with Crippen molar-refractivity contribution in [2.45, 2.75) is 59.2 Å². The summed E-state index contributed by atoms with van der Waals surface area (Å²) in [5.41, 5.74) is 2.22. The minimum absolute atomic E-state index is 0.00788. The average molecular weight is 412 g/mol. The summed E-state index contributed by atoms with van der Waals surface area (Å²) in [6.07, 6.45) is 0.630. The first-order valence-corrected chi connectivity index (χ1v) is 10.1. The van der Waals surface area contributed by atoms with Gasteiger partial charge in [0, 0.05) is 24.2 Å². The third-order valence-electron chi connectivity index (χ3n) is 5.17. The van der Waals surface area contributed by atoms with Crippen LogP contribution in [0.3, 0.4) is 0 Å². The maximum absolute atomic E-state index is 13.2. The second-order valence-corrected chi connectivity index (χ2v) is 7.56. The molecule has 2 aromatic rings. The molecule has 30 heavy (non-hydrogen) atoms. The number of nitrogens with zero attached hydrogens (tertiary/aromatic N) is 2. The van der Waals surface area contributed by atoms with Gasteiger partial charge in [-0.3, -0.25) is 19.7 Å². The van der Waals surface area contributed by atoms with E-state index in [9.17, 15) is 19.7 Å². The van der Waals surface area contributed by atoms with E-state index < -0.39 is 11.0 Å². The molecule has 0 unspecified atom stereocenters. The van der Waals surface area contributed by atoms with Crippen molar-refractivity contribution >= 4 is 17.5 Å². The van der Waals surface area contributed by atoms with E-state index in [4.69, 9.17) is 0 Å². The Hall–Kier alpha value is -3.22. The number of hydrogen-bond donors (Lipinski definition) is 1. The molecule has 0 fully saturated rings. The lowest BCUT2D eigenvalue weighted by Crippen LogP contribution is -2.49. The van der Waals surface area contributed by atoms with Crippen LogP contribution in [0, 0.1) is 17.0 Å². The van der Waals surface area contributed by atoms with Crippen LogP contribution < -0.4 is 5.32 Å². The second kappa shape index (κ2) is 10.5. The molecule has 0 aliphatic heterocycles. The van der Waals surface area contributed by atoms with E-state index in [-0.39, 0.29) is 36.5 Å². The Labute approximate surface area is 177 Å². The summed E-state index contributed by atoms with van der Waals surface area (Å²) in [5, 5.41) is 14.2. The van der Waals surface area contributed by atoms with Gasteiger partial charge in [0.25, 0.3) is 5.69 Å². The van der Waals surface area contributed by atoms with Gasteiger partial charge in [-0.25, -0.2) is 0 Å². The highest BCUT2D eigenvalue weighted by Gasteiger charge is 2.28. The van der Waals surface area contributed by atoms with Crippen molar-refractivity contribution in [1.29, 1.82) is 0 Å². The van der Waals surface area contributed by atoms with Crippen molar-refractivity contribution in [2.24, 2.45) is 0 Å². The first-order valence-electron chi connectivity index (χ1n) is 10.1.